The van der Waals surface area contributed by atoms with E-state index in [1.54, 1.807) is 18.2 Å². The third-order valence-electron chi connectivity index (χ3n) is 4.26. The first kappa shape index (κ1) is 18.9. The molecule has 0 unspecified atom stereocenters. The number of para-hydroxylation sites is 1. The van der Waals surface area contributed by atoms with Gasteiger partial charge in [0.1, 0.15) is 11.4 Å². The monoisotopic (exact) mass is 406 g/mol. The normalized spacial score (nSPS) is 11.3. The maximum Gasteiger partial charge on any atom is 0.238 e. The average Bonchev–Trinajstić information content (AvgIpc) is 3.17. The highest BCUT2D eigenvalue weighted by atomic mass is 32.2. The minimum Gasteiger partial charge on any atom is -0.484 e. The van der Waals surface area contributed by atoms with Gasteiger partial charge in [-0.05, 0) is 24.3 Å². The van der Waals surface area contributed by atoms with Crippen LogP contribution in [0.3, 0.4) is 0 Å². The van der Waals surface area contributed by atoms with Gasteiger partial charge in [0, 0.05) is 11.1 Å². The second-order valence-electron chi connectivity index (χ2n) is 6.29. The Labute approximate surface area is 168 Å². The molecule has 0 aliphatic carbocycles. The van der Waals surface area contributed by atoms with Gasteiger partial charge in [-0.3, -0.25) is 0 Å². The summed E-state index contributed by atoms with van der Waals surface area (Å²) in [5.74, 6) is 1.33. The summed E-state index contributed by atoms with van der Waals surface area (Å²) >= 11 is 0. The van der Waals surface area contributed by atoms with Crippen LogP contribution in [0.1, 0.15) is 5.89 Å². The fraction of sp³-hybridized carbons (Fsp3) is 0.0455. The summed E-state index contributed by atoms with van der Waals surface area (Å²) in [6.45, 7) is 0.0986. The maximum absolute atomic E-state index is 12.1. The van der Waals surface area contributed by atoms with Crippen LogP contribution in [0.5, 0.6) is 5.75 Å². The highest BCUT2D eigenvalue weighted by Crippen LogP contribution is 2.36. The predicted molar refractivity (Wildman–Crippen MR) is 110 cm³/mol. The van der Waals surface area contributed by atoms with Crippen molar-refractivity contribution in [3.8, 4) is 28.3 Å². The summed E-state index contributed by atoms with van der Waals surface area (Å²) in [7, 11) is -3.95. The van der Waals surface area contributed by atoms with E-state index >= 15 is 0 Å². The van der Waals surface area contributed by atoms with Gasteiger partial charge in [0.15, 0.2) is 12.4 Å². The summed E-state index contributed by atoms with van der Waals surface area (Å²) < 4.78 is 35.9. The molecule has 0 atom stereocenters. The first-order valence-corrected chi connectivity index (χ1v) is 10.4. The Morgan fingerprint density at radius 2 is 1.48 bits per heavy atom. The highest BCUT2D eigenvalue weighted by molar-refractivity contribution is 7.89. The van der Waals surface area contributed by atoms with Crippen LogP contribution in [0.25, 0.3) is 22.6 Å². The second kappa shape index (κ2) is 7.90. The Morgan fingerprint density at radius 1 is 0.862 bits per heavy atom. The molecule has 29 heavy (non-hydrogen) atoms. The van der Waals surface area contributed by atoms with Crippen molar-refractivity contribution in [1.82, 2.24) is 4.98 Å². The first-order chi connectivity index (χ1) is 14.0. The number of aromatic nitrogens is 1. The molecule has 7 heteroatoms. The van der Waals surface area contributed by atoms with Crippen molar-refractivity contribution in [2.24, 2.45) is 5.14 Å². The minimum absolute atomic E-state index is 0.0242. The number of primary sulfonamides is 1. The number of nitrogens with two attached hydrogens (primary N) is 1. The van der Waals surface area contributed by atoms with Crippen LogP contribution in [-0.2, 0) is 16.6 Å². The number of sulfonamides is 1. The van der Waals surface area contributed by atoms with Gasteiger partial charge in [-0.1, -0.05) is 60.7 Å². The molecule has 0 bridgehead atoms. The Hall–Kier alpha value is -3.42. The molecule has 0 amide bonds. The fourth-order valence-electron chi connectivity index (χ4n) is 2.96. The quantitative estimate of drug-likeness (QED) is 0.517. The molecule has 0 saturated heterocycles. The van der Waals surface area contributed by atoms with Crippen molar-refractivity contribution in [2.75, 3.05) is 0 Å². The number of hydrogen-bond acceptors (Lipinski definition) is 5. The van der Waals surface area contributed by atoms with E-state index in [1.165, 1.54) is 6.07 Å². The molecule has 0 radical (unpaired) electrons. The largest absolute Gasteiger partial charge is 0.484 e. The Bertz CT molecular complexity index is 1220. The predicted octanol–water partition coefficient (Wildman–Crippen LogP) is 4.24. The zero-order valence-electron chi connectivity index (χ0n) is 15.4. The molecule has 0 aliphatic rings. The van der Waals surface area contributed by atoms with Crippen molar-refractivity contribution in [1.29, 1.82) is 0 Å². The zero-order chi connectivity index (χ0) is 20.3. The van der Waals surface area contributed by atoms with E-state index in [4.69, 9.17) is 14.3 Å². The van der Waals surface area contributed by atoms with Crippen molar-refractivity contribution < 1.29 is 17.6 Å². The Morgan fingerprint density at radius 3 is 2.17 bits per heavy atom. The summed E-state index contributed by atoms with van der Waals surface area (Å²) in [5.41, 5.74) is 1.67. The first-order valence-electron chi connectivity index (χ1n) is 8.87. The number of rotatable bonds is 6. The van der Waals surface area contributed by atoms with E-state index in [1.807, 2.05) is 60.7 Å². The molecule has 0 fully saturated rings. The maximum atomic E-state index is 12.1. The van der Waals surface area contributed by atoms with Crippen molar-refractivity contribution in [2.45, 2.75) is 11.5 Å². The molecular weight excluding hydrogens is 388 g/mol. The number of nitrogens with zero attached hydrogens (tertiary/aromatic N) is 1. The van der Waals surface area contributed by atoms with E-state index in [9.17, 15) is 8.42 Å². The van der Waals surface area contributed by atoms with Crippen molar-refractivity contribution >= 4 is 10.0 Å². The number of benzene rings is 3. The van der Waals surface area contributed by atoms with Gasteiger partial charge in [-0.15, -0.1) is 0 Å². The highest BCUT2D eigenvalue weighted by Gasteiger charge is 2.23. The smallest absolute Gasteiger partial charge is 0.238 e. The fourth-order valence-corrected chi connectivity index (χ4v) is 3.70. The van der Waals surface area contributed by atoms with Gasteiger partial charge >= 0.3 is 0 Å². The Balaban J connectivity index is 1.80. The van der Waals surface area contributed by atoms with Gasteiger partial charge in [-0.2, -0.15) is 0 Å². The molecule has 1 aromatic heterocycles. The van der Waals surface area contributed by atoms with Gasteiger partial charge in [0.2, 0.25) is 15.9 Å². The third kappa shape index (κ3) is 4.21. The second-order valence-corrected chi connectivity index (χ2v) is 7.82. The molecule has 0 spiro atoms. The van der Waals surface area contributed by atoms with Gasteiger partial charge in [-0.25, -0.2) is 18.5 Å². The summed E-state index contributed by atoms with van der Waals surface area (Å²) in [6, 6.07) is 25.1. The molecule has 4 rings (SSSR count). The number of ether oxygens (including phenoxy) is 1. The van der Waals surface area contributed by atoms with Gasteiger partial charge in [0.05, 0.1) is 4.90 Å². The molecule has 4 aromatic rings. The van der Waals surface area contributed by atoms with Gasteiger partial charge < -0.3 is 9.15 Å². The Kier molecular flexibility index (Phi) is 5.16. The van der Waals surface area contributed by atoms with Crippen LogP contribution in [-0.4, -0.2) is 13.4 Å². The summed E-state index contributed by atoms with van der Waals surface area (Å²) in [4.78, 5) is 4.54. The number of oxazole rings is 1. The van der Waals surface area contributed by atoms with Crippen LogP contribution in [0, 0.1) is 0 Å². The average molecular weight is 406 g/mol. The van der Waals surface area contributed by atoms with Crippen molar-refractivity contribution in [3.63, 3.8) is 0 Å². The molecule has 1 heterocycles. The zero-order valence-corrected chi connectivity index (χ0v) is 16.2. The lowest BCUT2D eigenvalue weighted by Gasteiger charge is -2.07. The molecule has 146 valence electrons. The lowest BCUT2D eigenvalue weighted by molar-refractivity contribution is 0.264. The lowest BCUT2D eigenvalue weighted by atomic mass is 10.1. The molecule has 2 N–H and O–H groups in total. The van der Waals surface area contributed by atoms with Crippen molar-refractivity contribution in [3.05, 3.63) is 90.8 Å². The topological polar surface area (TPSA) is 95.4 Å². The van der Waals surface area contributed by atoms with Crippen LogP contribution in [0.2, 0.25) is 0 Å². The number of hydrogen-bond donors (Lipinski definition) is 1. The van der Waals surface area contributed by atoms with E-state index in [2.05, 4.69) is 4.98 Å². The summed E-state index contributed by atoms with van der Waals surface area (Å²) in [5, 5.41) is 5.41. The minimum atomic E-state index is -3.95. The van der Waals surface area contributed by atoms with E-state index in [-0.39, 0.29) is 11.5 Å². The summed E-state index contributed by atoms with van der Waals surface area (Å²) in [6.07, 6.45) is 0. The molecule has 3 aromatic carbocycles. The van der Waals surface area contributed by atoms with Crippen LogP contribution in [0.4, 0.5) is 0 Å². The van der Waals surface area contributed by atoms with Crippen LogP contribution >= 0.6 is 0 Å². The molecule has 6 nitrogen and oxygen atoms in total. The molecule has 0 saturated carbocycles. The molecule has 0 aliphatic heterocycles. The third-order valence-corrected chi connectivity index (χ3v) is 5.23. The van der Waals surface area contributed by atoms with Gasteiger partial charge in [0.25, 0.3) is 0 Å². The molecular formula is C22H18N2O4S. The standard InChI is InChI=1S/C22H18N2O4S/c23-29(25,26)19-14-8-7-13-18(19)22-21(16-9-3-1-4-10-16)24-20(28-22)15-27-17-11-5-2-6-12-17/h1-14H,15H2,(H2,23,25,26). The lowest BCUT2D eigenvalue weighted by Crippen LogP contribution is -2.13. The van der Waals surface area contributed by atoms with E-state index in [0.717, 1.165) is 5.56 Å². The van der Waals surface area contributed by atoms with Crippen LogP contribution < -0.4 is 9.88 Å². The van der Waals surface area contributed by atoms with E-state index < -0.39 is 10.0 Å². The van der Waals surface area contributed by atoms with E-state index in [0.29, 0.717) is 28.7 Å². The SMILES string of the molecule is NS(=O)(=O)c1ccccc1-c1oc(COc2ccccc2)nc1-c1ccccc1. The van der Waals surface area contributed by atoms with Crippen LogP contribution in [0.15, 0.2) is 94.2 Å².